The Balaban J connectivity index is 2.07. The fourth-order valence-corrected chi connectivity index (χ4v) is 3.29. The van der Waals surface area contributed by atoms with Crippen LogP contribution in [0.5, 0.6) is 0 Å². The predicted octanol–water partition coefficient (Wildman–Crippen LogP) is 3.36. The van der Waals surface area contributed by atoms with Crippen LogP contribution in [0.15, 0.2) is 12.1 Å². The molecule has 1 amide bonds. The van der Waals surface area contributed by atoms with Gasteiger partial charge in [-0.15, -0.1) is 11.6 Å². The number of imidazole rings is 1. The van der Waals surface area contributed by atoms with Gasteiger partial charge in [-0.05, 0) is 42.0 Å². The smallest absolute Gasteiger partial charge is 0.220 e. The molecule has 4 nitrogen and oxygen atoms in total. The first kappa shape index (κ1) is 15.0. The fraction of sp³-hybridized carbons (Fsp3) is 0.429. The lowest BCUT2D eigenvalue weighted by Crippen LogP contribution is -2.30. The highest BCUT2D eigenvalue weighted by Crippen LogP contribution is 2.28. The molecule has 1 fully saturated rings. The number of carbonyl (C=O) groups excluding carboxylic acids is 1. The zero-order valence-electron chi connectivity index (χ0n) is 11.4. The molecular weight excluding hydrogens is 408 g/mol. The number of rotatable bonds is 3. The summed E-state index contributed by atoms with van der Waals surface area (Å²) < 4.78 is 16.3. The molecule has 2 aromatic rings. The van der Waals surface area contributed by atoms with Crippen LogP contribution in [0.25, 0.3) is 11.0 Å². The summed E-state index contributed by atoms with van der Waals surface area (Å²) in [7, 11) is 0. The second kappa shape index (κ2) is 5.72. The number of benzene rings is 1. The van der Waals surface area contributed by atoms with E-state index in [2.05, 4.69) is 10.3 Å². The zero-order valence-corrected chi connectivity index (χ0v) is 14.3. The highest BCUT2D eigenvalue weighted by molar-refractivity contribution is 14.1. The van der Waals surface area contributed by atoms with Gasteiger partial charge in [-0.25, -0.2) is 9.37 Å². The number of amides is 1. The first-order valence-corrected chi connectivity index (χ1v) is 8.26. The minimum absolute atomic E-state index is 0.0476. The number of halogens is 3. The molecule has 1 aromatic heterocycles. The normalized spacial score (nSPS) is 20.0. The lowest BCUT2D eigenvalue weighted by Gasteiger charge is -2.15. The van der Waals surface area contributed by atoms with Gasteiger partial charge in [-0.1, -0.05) is 0 Å². The number of carbonyl (C=O) groups is 1. The first-order chi connectivity index (χ1) is 9.95. The maximum absolute atomic E-state index is 13.9. The van der Waals surface area contributed by atoms with Gasteiger partial charge in [0.2, 0.25) is 5.91 Å². The molecule has 3 rings (SSSR count). The summed E-state index contributed by atoms with van der Waals surface area (Å²) in [4.78, 5) is 15.9. The van der Waals surface area contributed by atoms with Crippen molar-refractivity contribution < 1.29 is 9.18 Å². The van der Waals surface area contributed by atoms with Crippen LogP contribution < -0.4 is 5.32 Å². The average Bonchev–Trinajstić information content (AvgIpc) is 2.96. The lowest BCUT2D eigenvalue weighted by atomic mass is 10.2. The van der Waals surface area contributed by atoms with Gasteiger partial charge in [-0.2, -0.15) is 0 Å². The number of alkyl halides is 1. The van der Waals surface area contributed by atoms with Crippen molar-refractivity contribution in [1.29, 1.82) is 0 Å². The van der Waals surface area contributed by atoms with Crippen molar-refractivity contribution in [2.75, 3.05) is 0 Å². The van der Waals surface area contributed by atoms with Gasteiger partial charge in [0.1, 0.15) is 11.6 Å². The highest BCUT2D eigenvalue weighted by atomic mass is 127. The molecule has 112 valence electrons. The van der Waals surface area contributed by atoms with Crippen LogP contribution in [0, 0.1) is 9.39 Å². The van der Waals surface area contributed by atoms with Crippen molar-refractivity contribution in [2.45, 2.75) is 37.7 Å². The highest BCUT2D eigenvalue weighted by Gasteiger charge is 2.24. The van der Waals surface area contributed by atoms with E-state index in [1.807, 2.05) is 34.1 Å². The standard InChI is InChI=1S/C14H14ClFIN3O/c1-7(15)14-19-11-5-10(17)9(16)4-12(11)20(14)6-8-2-3-13(21)18-8/h4-5,7-8H,2-3,6H2,1H3,(H,18,21). The molecule has 1 aliphatic rings. The fourth-order valence-electron chi connectivity index (χ4n) is 2.67. The van der Waals surface area contributed by atoms with Crippen molar-refractivity contribution in [2.24, 2.45) is 0 Å². The Morgan fingerprint density at radius 1 is 1.62 bits per heavy atom. The van der Waals surface area contributed by atoms with Crippen LogP contribution in [0.2, 0.25) is 0 Å². The molecule has 0 radical (unpaired) electrons. The Labute approximate surface area is 140 Å². The molecule has 0 aliphatic carbocycles. The molecular formula is C14H14ClFIN3O. The second-order valence-corrected chi connectivity index (χ2v) is 7.07. The van der Waals surface area contributed by atoms with E-state index in [1.54, 1.807) is 6.07 Å². The van der Waals surface area contributed by atoms with Crippen LogP contribution in [0.1, 0.15) is 31.0 Å². The zero-order chi connectivity index (χ0) is 15.1. The predicted molar refractivity (Wildman–Crippen MR) is 87.8 cm³/mol. The van der Waals surface area contributed by atoms with Crippen molar-refractivity contribution in [1.82, 2.24) is 14.9 Å². The third kappa shape index (κ3) is 2.88. The van der Waals surface area contributed by atoms with E-state index < -0.39 is 0 Å². The third-order valence-corrected chi connectivity index (χ3v) is 4.69. The SMILES string of the molecule is CC(Cl)c1nc2cc(I)c(F)cc2n1CC1CCC(=O)N1. The van der Waals surface area contributed by atoms with Gasteiger partial charge in [0.25, 0.3) is 0 Å². The monoisotopic (exact) mass is 421 g/mol. The lowest BCUT2D eigenvalue weighted by molar-refractivity contribution is -0.119. The van der Waals surface area contributed by atoms with E-state index in [0.717, 1.165) is 17.5 Å². The Bertz CT molecular complexity index is 716. The molecule has 0 saturated carbocycles. The van der Waals surface area contributed by atoms with E-state index in [9.17, 15) is 9.18 Å². The van der Waals surface area contributed by atoms with E-state index in [1.165, 1.54) is 6.07 Å². The molecule has 1 saturated heterocycles. The summed E-state index contributed by atoms with van der Waals surface area (Å²) in [6, 6.07) is 3.26. The molecule has 2 unspecified atom stereocenters. The molecule has 2 atom stereocenters. The largest absolute Gasteiger partial charge is 0.352 e. The maximum Gasteiger partial charge on any atom is 0.220 e. The summed E-state index contributed by atoms with van der Waals surface area (Å²) in [6.07, 6.45) is 1.32. The minimum atomic E-state index is -0.282. The van der Waals surface area contributed by atoms with Crippen molar-refractivity contribution in [3.05, 3.63) is 27.3 Å². The van der Waals surface area contributed by atoms with Crippen molar-refractivity contribution in [3.8, 4) is 0 Å². The van der Waals surface area contributed by atoms with Crippen LogP contribution in [-0.4, -0.2) is 21.5 Å². The van der Waals surface area contributed by atoms with Crippen LogP contribution in [0.3, 0.4) is 0 Å². The molecule has 7 heteroatoms. The van der Waals surface area contributed by atoms with Gasteiger partial charge in [0.15, 0.2) is 0 Å². The van der Waals surface area contributed by atoms with E-state index in [4.69, 9.17) is 11.6 Å². The van der Waals surface area contributed by atoms with Gasteiger partial charge < -0.3 is 9.88 Å². The molecule has 2 heterocycles. The summed E-state index contributed by atoms with van der Waals surface area (Å²) in [6.45, 7) is 2.41. The van der Waals surface area contributed by atoms with E-state index >= 15 is 0 Å². The Kier molecular flexibility index (Phi) is 4.09. The van der Waals surface area contributed by atoms with Crippen LogP contribution in [-0.2, 0) is 11.3 Å². The van der Waals surface area contributed by atoms with Crippen molar-refractivity contribution in [3.63, 3.8) is 0 Å². The number of nitrogens with one attached hydrogen (secondary N) is 1. The van der Waals surface area contributed by atoms with E-state index in [0.29, 0.717) is 22.4 Å². The molecule has 1 aromatic carbocycles. The maximum atomic E-state index is 13.9. The molecule has 0 bridgehead atoms. The number of hydrogen-bond donors (Lipinski definition) is 1. The Morgan fingerprint density at radius 2 is 2.38 bits per heavy atom. The van der Waals surface area contributed by atoms with Crippen LogP contribution >= 0.6 is 34.2 Å². The third-order valence-electron chi connectivity index (χ3n) is 3.66. The van der Waals surface area contributed by atoms with Crippen LogP contribution in [0.4, 0.5) is 4.39 Å². The number of nitrogens with zero attached hydrogens (tertiary/aromatic N) is 2. The van der Waals surface area contributed by atoms with Gasteiger partial charge in [0, 0.05) is 25.1 Å². The summed E-state index contributed by atoms with van der Waals surface area (Å²) in [5, 5.41) is 2.64. The quantitative estimate of drug-likeness (QED) is 0.610. The number of hydrogen-bond acceptors (Lipinski definition) is 2. The average molecular weight is 422 g/mol. The second-order valence-electron chi connectivity index (χ2n) is 5.25. The Hall–Kier alpha value is -0.890. The van der Waals surface area contributed by atoms with E-state index in [-0.39, 0.29) is 23.1 Å². The summed E-state index contributed by atoms with van der Waals surface area (Å²) >= 11 is 8.16. The molecule has 1 aliphatic heterocycles. The van der Waals surface area contributed by atoms with Gasteiger partial charge in [-0.3, -0.25) is 4.79 Å². The summed E-state index contributed by atoms with van der Waals surface area (Å²) in [5.41, 5.74) is 1.45. The minimum Gasteiger partial charge on any atom is -0.352 e. The first-order valence-electron chi connectivity index (χ1n) is 6.74. The number of fused-ring (bicyclic) bond motifs is 1. The topological polar surface area (TPSA) is 46.9 Å². The molecule has 0 spiro atoms. The molecule has 1 N–H and O–H groups in total. The molecule has 21 heavy (non-hydrogen) atoms. The number of aromatic nitrogens is 2. The van der Waals surface area contributed by atoms with Crippen molar-refractivity contribution >= 4 is 51.1 Å². The Morgan fingerprint density at radius 3 is 3.00 bits per heavy atom. The van der Waals surface area contributed by atoms with Gasteiger partial charge in [0.05, 0.1) is 20.0 Å². The summed E-state index contributed by atoms with van der Waals surface area (Å²) in [5.74, 6) is 0.494. The van der Waals surface area contributed by atoms with Gasteiger partial charge >= 0.3 is 0 Å².